The summed E-state index contributed by atoms with van der Waals surface area (Å²) in [4.78, 5) is 24.3. The van der Waals surface area contributed by atoms with Gasteiger partial charge in [-0.2, -0.15) is 0 Å². The van der Waals surface area contributed by atoms with Gasteiger partial charge in [-0.25, -0.2) is 4.79 Å². The molecule has 1 N–H and O–H groups in total. The number of fused-ring (bicyclic) bond motifs is 1. The van der Waals surface area contributed by atoms with Gasteiger partial charge in [-0.3, -0.25) is 4.79 Å². The Morgan fingerprint density at radius 2 is 2.29 bits per heavy atom. The van der Waals surface area contributed by atoms with E-state index in [2.05, 4.69) is 12.2 Å². The van der Waals surface area contributed by atoms with Crippen LogP contribution >= 0.6 is 0 Å². The lowest BCUT2D eigenvalue weighted by Crippen LogP contribution is -2.56. The van der Waals surface area contributed by atoms with Crippen LogP contribution in [0.4, 0.5) is 4.79 Å². The van der Waals surface area contributed by atoms with Crippen molar-refractivity contribution >= 4 is 12.5 Å². The highest BCUT2D eigenvalue weighted by Gasteiger charge is 2.53. The molecule has 5 nitrogen and oxygen atoms in total. The van der Waals surface area contributed by atoms with E-state index in [1.165, 1.54) is 0 Å². The molecule has 0 bridgehead atoms. The molecule has 2 aliphatic heterocycles. The van der Waals surface area contributed by atoms with Crippen LogP contribution in [0.15, 0.2) is 0 Å². The first-order valence-electron chi connectivity index (χ1n) is 6.19. The monoisotopic (exact) mass is 240 g/mol. The van der Waals surface area contributed by atoms with E-state index in [0.717, 1.165) is 12.8 Å². The van der Waals surface area contributed by atoms with E-state index >= 15 is 0 Å². The van der Waals surface area contributed by atoms with Crippen molar-refractivity contribution in [3.8, 4) is 0 Å². The maximum atomic E-state index is 11.9. The van der Waals surface area contributed by atoms with Gasteiger partial charge in [0.15, 0.2) is 0 Å². The highest BCUT2D eigenvalue weighted by Crippen LogP contribution is 2.38. The molecule has 2 fully saturated rings. The summed E-state index contributed by atoms with van der Waals surface area (Å²) in [5.74, 6) is 0.211. The van der Waals surface area contributed by atoms with E-state index in [0.29, 0.717) is 13.0 Å². The Balaban J connectivity index is 2.26. The molecule has 17 heavy (non-hydrogen) atoms. The summed E-state index contributed by atoms with van der Waals surface area (Å²) in [5.41, 5.74) is -0.261. The molecule has 0 aromatic rings. The quantitative estimate of drug-likeness (QED) is 0.752. The zero-order chi connectivity index (χ0) is 12.6. The first-order valence-corrected chi connectivity index (χ1v) is 6.19. The number of nitrogens with one attached hydrogen (secondary N) is 1. The Kier molecular flexibility index (Phi) is 3.02. The molecule has 2 aliphatic rings. The Morgan fingerprint density at radius 1 is 1.59 bits per heavy atom. The van der Waals surface area contributed by atoms with Crippen LogP contribution in [-0.2, 0) is 9.53 Å². The second-order valence-electron chi connectivity index (χ2n) is 5.42. The average molecular weight is 240 g/mol. The first kappa shape index (κ1) is 12.2. The fourth-order valence-electron chi connectivity index (χ4n) is 3.35. The Labute approximate surface area is 101 Å². The van der Waals surface area contributed by atoms with E-state index in [-0.39, 0.29) is 29.6 Å². The summed E-state index contributed by atoms with van der Waals surface area (Å²) in [6.07, 6.45) is 1.57. The third-order valence-electron chi connectivity index (χ3n) is 4.00. The smallest absolute Gasteiger partial charge is 0.318 e. The minimum atomic E-state index is -0.261. The molecule has 0 aromatic heterocycles. The predicted octanol–water partition coefficient (Wildman–Crippen LogP) is 1.13. The molecule has 96 valence electrons. The van der Waals surface area contributed by atoms with Crippen molar-refractivity contribution < 1.29 is 14.3 Å². The van der Waals surface area contributed by atoms with Crippen LogP contribution in [0.2, 0.25) is 0 Å². The van der Waals surface area contributed by atoms with Gasteiger partial charge in [-0.15, -0.1) is 0 Å². The van der Waals surface area contributed by atoms with Gasteiger partial charge in [0.25, 0.3) is 6.47 Å². The number of carbonyl (C=O) groups excluding carboxylic acids is 2. The van der Waals surface area contributed by atoms with Crippen LogP contribution in [0.25, 0.3) is 0 Å². The fraction of sp³-hybridized carbons (Fsp3) is 0.833. The maximum Gasteiger partial charge on any atom is 0.318 e. The number of carbonyl (C=O) groups is 2. The number of hydrogen-bond donors (Lipinski definition) is 1. The molecule has 2 rings (SSSR count). The Hall–Kier alpha value is -1.26. The Morgan fingerprint density at radius 3 is 2.88 bits per heavy atom. The molecular formula is C12H20N2O3. The van der Waals surface area contributed by atoms with Crippen molar-refractivity contribution in [2.24, 2.45) is 5.92 Å². The number of ether oxygens (including phenoxy) is 1. The molecular weight excluding hydrogens is 220 g/mol. The molecule has 3 atom stereocenters. The van der Waals surface area contributed by atoms with Crippen LogP contribution in [0.3, 0.4) is 0 Å². The van der Waals surface area contributed by atoms with Gasteiger partial charge < -0.3 is 15.0 Å². The minimum Gasteiger partial charge on any atom is -0.464 e. The van der Waals surface area contributed by atoms with E-state index in [1.54, 1.807) is 0 Å². The van der Waals surface area contributed by atoms with Gasteiger partial charge in [-0.05, 0) is 20.3 Å². The molecule has 2 heterocycles. The molecule has 0 aliphatic carbocycles. The molecule has 5 heteroatoms. The van der Waals surface area contributed by atoms with Crippen molar-refractivity contribution in [1.82, 2.24) is 10.2 Å². The minimum absolute atomic E-state index is 0.00278. The molecule has 0 radical (unpaired) electrons. The Bertz CT molecular complexity index is 330. The maximum absolute atomic E-state index is 11.9. The summed E-state index contributed by atoms with van der Waals surface area (Å²) in [6.45, 7) is 7.33. The summed E-state index contributed by atoms with van der Waals surface area (Å²) >= 11 is 0. The van der Waals surface area contributed by atoms with Gasteiger partial charge >= 0.3 is 6.03 Å². The fourth-order valence-corrected chi connectivity index (χ4v) is 3.35. The molecule has 0 saturated carbocycles. The van der Waals surface area contributed by atoms with Gasteiger partial charge in [0, 0.05) is 18.9 Å². The second kappa shape index (κ2) is 4.20. The average Bonchev–Trinajstić information content (AvgIpc) is 2.50. The lowest BCUT2D eigenvalue weighted by molar-refractivity contribution is -0.141. The highest BCUT2D eigenvalue weighted by molar-refractivity contribution is 5.78. The van der Waals surface area contributed by atoms with Crippen LogP contribution in [-0.4, -0.2) is 41.6 Å². The van der Waals surface area contributed by atoms with E-state index in [4.69, 9.17) is 4.74 Å². The van der Waals surface area contributed by atoms with Crippen molar-refractivity contribution in [3.63, 3.8) is 0 Å². The lowest BCUT2D eigenvalue weighted by Gasteiger charge is -2.44. The van der Waals surface area contributed by atoms with Crippen LogP contribution < -0.4 is 5.32 Å². The lowest BCUT2D eigenvalue weighted by atomic mass is 9.77. The van der Waals surface area contributed by atoms with Crippen molar-refractivity contribution in [2.75, 3.05) is 6.54 Å². The topological polar surface area (TPSA) is 58.6 Å². The van der Waals surface area contributed by atoms with E-state index < -0.39 is 0 Å². The summed E-state index contributed by atoms with van der Waals surface area (Å²) in [5, 5.41) is 3.01. The number of piperidine rings is 1. The number of amides is 2. The summed E-state index contributed by atoms with van der Waals surface area (Å²) < 4.78 is 5.18. The third kappa shape index (κ3) is 1.87. The highest BCUT2D eigenvalue weighted by atomic mass is 16.5. The number of hydrogen-bond acceptors (Lipinski definition) is 3. The van der Waals surface area contributed by atoms with Crippen LogP contribution in [0.5, 0.6) is 0 Å². The number of rotatable bonds is 3. The second-order valence-corrected chi connectivity index (χ2v) is 5.42. The van der Waals surface area contributed by atoms with Gasteiger partial charge in [0.05, 0.1) is 11.6 Å². The van der Waals surface area contributed by atoms with Crippen molar-refractivity contribution in [3.05, 3.63) is 0 Å². The van der Waals surface area contributed by atoms with Crippen molar-refractivity contribution in [2.45, 2.75) is 51.3 Å². The van der Waals surface area contributed by atoms with Crippen molar-refractivity contribution in [1.29, 1.82) is 0 Å². The summed E-state index contributed by atoms with van der Waals surface area (Å²) in [6, 6.07) is 0.113. The van der Waals surface area contributed by atoms with Crippen LogP contribution in [0.1, 0.15) is 33.6 Å². The van der Waals surface area contributed by atoms with Gasteiger partial charge in [0.2, 0.25) is 0 Å². The zero-order valence-corrected chi connectivity index (χ0v) is 10.6. The zero-order valence-electron chi connectivity index (χ0n) is 10.6. The third-order valence-corrected chi connectivity index (χ3v) is 4.00. The SMILES string of the molecule is CC[C@@H]1[C@@H]2N(CC[C@H]1OC=O)C(=O)NC2(C)C. The summed E-state index contributed by atoms with van der Waals surface area (Å²) in [7, 11) is 0. The standard InChI is InChI=1S/C12H20N2O3/c1-4-8-9(17-7-15)5-6-14-10(8)12(2,3)13-11(14)16/h7-10H,4-6H2,1-3H3,(H,13,16)/t8-,9+,10-/m0/s1. The molecule has 2 amide bonds. The largest absolute Gasteiger partial charge is 0.464 e. The molecule has 0 spiro atoms. The first-order chi connectivity index (χ1) is 8.01. The number of nitrogens with zero attached hydrogens (tertiary/aromatic N) is 1. The normalized spacial score (nSPS) is 35.1. The number of urea groups is 1. The van der Waals surface area contributed by atoms with E-state index in [1.807, 2.05) is 18.7 Å². The molecule has 0 aromatic carbocycles. The molecule has 0 unspecified atom stereocenters. The van der Waals surface area contributed by atoms with Gasteiger partial charge in [0.1, 0.15) is 6.10 Å². The predicted molar refractivity (Wildman–Crippen MR) is 62.4 cm³/mol. The van der Waals surface area contributed by atoms with Crippen LogP contribution in [0, 0.1) is 5.92 Å². The molecule has 2 saturated heterocycles. The van der Waals surface area contributed by atoms with E-state index in [9.17, 15) is 9.59 Å². The van der Waals surface area contributed by atoms with Gasteiger partial charge in [-0.1, -0.05) is 6.92 Å².